The Morgan fingerprint density at radius 3 is 2.82 bits per heavy atom. The van der Waals surface area contributed by atoms with Crippen molar-refractivity contribution in [3.63, 3.8) is 0 Å². The molecule has 0 saturated carbocycles. The largest absolute Gasteiger partial charge is 0.374 e. The third-order valence-corrected chi connectivity index (χ3v) is 2.80. The molecule has 0 heterocycles. The van der Waals surface area contributed by atoms with Crippen molar-refractivity contribution in [2.45, 2.75) is 25.8 Å². The van der Waals surface area contributed by atoms with Crippen molar-refractivity contribution in [1.82, 2.24) is 0 Å². The van der Waals surface area contributed by atoms with Crippen molar-refractivity contribution in [1.29, 1.82) is 0 Å². The highest BCUT2D eigenvalue weighted by molar-refractivity contribution is 5.54. The van der Waals surface area contributed by atoms with Crippen LogP contribution in [0.25, 0.3) is 0 Å². The Bertz CT molecular complexity index is 374. The fourth-order valence-corrected chi connectivity index (χ4v) is 1.90. The van der Waals surface area contributed by atoms with E-state index in [1.165, 1.54) is 6.07 Å². The van der Waals surface area contributed by atoms with E-state index in [1.807, 2.05) is 24.1 Å². The molecule has 0 aliphatic rings. The Morgan fingerprint density at radius 2 is 2.24 bits per heavy atom. The maximum absolute atomic E-state index is 13.7. The first-order valence-corrected chi connectivity index (χ1v) is 5.94. The molecule has 1 atom stereocenters. The summed E-state index contributed by atoms with van der Waals surface area (Å²) < 4.78 is 13.7. The van der Waals surface area contributed by atoms with Crippen LogP contribution in [0.5, 0.6) is 0 Å². The van der Waals surface area contributed by atoms with Gasteiger partial charge in [0, 0.05) is 30.9 Å². The lowest BCUT2D eigenvalue weighted by atomic mass is 10.0. The number of nitrogens with zero attached hydrogens (tertiary/aromatic N) is 1. The van der Waals surface area contributed by atoms with Gasteiger partial charge in [-0.15, -0.1) is 6.58 Å². The Morgan fingerprint density at radius 1 is 1.53 bits per heavy atom. The second kappa shape index (κ2) is 6.40. The second-order valence-corrected chi connectivity index (χ2v) is 4.31. The lowest BCUT2D eigenvalue weighted by molar-refractivity contribution is 0.592. The van der Waals surface area contributed by atoms with E-state index in [0.717, 1.165) is 25.1 Å². The minimum absolute atomic E-state index is 0.229. The Hall–Kier alpha value is -1.35. The van der Waals surface area contributed by atoms with Crippen molar-refractivity contribution >= 4 is 5.69 Å². The fraction of sp³-hybridized carbons (Fsp3) is 0.429. The Labute approximate surface area is 103 Å². The van der Waals surface area contributed by atoms with E-state index in [9.17, 15) is 4.39 Å². The van der Waals surface area contributed by atoms with Gasteiger partial charge in [-0.2, -0.15) is 0 Å². The van der Waals surface area contributed by atoms with Crippen LogP contribution in [0.4, 0.5) is 10.1 Å². The summed E-state index contributed by atoms with van der Waals surface area (Å²) in [6, 6.07) is 4.80. The highest BCUT2D eigenvalue weighted by Crippen LogP contribution is 2.27. The van der Waals surface area contributed by atoms with Crippen LogP contribution in [0.1, 0.15) is 31.4 Å². The minimum Gasteiger partial charge on any atom is -0.374 e. The molecule has 0 fully saturated rings. The van der Waals surface area contributed by atoms with Crippen LogP contribution < -0.4 is 10.6 Å². The van der Waals surface area contributed by atoms with E-state index in [0.29, 0.717) is 5.56 Å². The number of hydrogen-bond acceptors (Lipinski definition) is 2. The summed E-state index contributed by atoms with van der Waals surface area (Å²) in [5.74, 6) is -0.229. The molecule has 0 bridgehead atoms. The van der Waals surface area contributed by atoms with Crippen LogP contribution in [-0.2, 0) is 0 Å². The molecule has 0 radical (unpaired) electrons. The number of benzene rings is 1. The van der Waals surface area contributed by atoms with Gasteiger partial charge in [-0.05, 0) is 31.9 Å². The highest BCUT2D eigenvalue weighted by atomic mass is 19.1. The number of anilines is 1. The quantitative estimate of drug-likeness (QED) is 0.607. The number of allylic oxidation sites excluding steroid dienone is 1. The summed E-state index contributed by atoms with van der Waals surface area (Å²) in [5, 5.41) is 0. The number of rotatable bonds is 6. The van der Waals surface area contributed by atoms with Crippen molar-refractivity contribution in [2.24, 2.45) is 5.73 Å². The van der Waals surface area contributed by atoms with E-state index >= 15 is 0 Å². The van der Waals surface area contributed by atoms with E-state index in [2.05, 4.69) is 6.58 Å². The van der Waals surface area contributed by atoms with Crippen molar-refractivity contribution in [3.05, 3.63) is 42.2 Å². The molecule has 17 heavy (non-hydrogen) atoms. The van der Waals surface area contributed by atoms with Crippen molar-refractivity contribution in [2.75, 3.05) is 18.5 Å². The van der Waals surface area contributed by atoms with Crippen molar-refractivity contribution in [3.8, 4) is 0 Å². The average molecular weight is 236 g/mol. The molecule has 94 valence electrons. The van der Waals surface area contributed by atoms with E-state index in [1.54, 1.807) is 13.0 Å². The van der Waals surface area contributed by atoms with E-state index in [-0.39, 0.29) is 11.9 Å². The van der Waals surface area contributed by atoms with Gasteiger partial charge < -0.3 is 10.6 Å². The van der Waals surface area contributed by atoms with Crippen LogP contribution >= 0.6 is 0 Å². The normalized spacial score (nSPS) is 12.2. The number of hydrogen-bond donors (Lipinski definition) is 1. The van der Waals surface area contributed by atoms with Crippen LogP contribution in [0.3, 0.4) is 0 Å². The minimum atomic E-state index is -0.298. The van der Waals surface area contributed by atoms with Gasteiger partial charge in [0.15, 0.2) is 0 Å². The van der Waals surface area contributed by atoms with Gasteiger partial charge in [0.2, 0.25) is 0 Å². The molecular formula is C14H21FN2. The molecule has 0 aliphatic heterocycles. The lowest BCUT2D eigenvalue weighted by Gasteiger charge is -2.24. The van der Waals surface area contributed by atoms with Gasteiger partial charge in [-0.25, -0.2) is 4.39 Å². The standard InChI is InChI=1S/C14H21FN2/c1-4-5-6-10-17(3)13-9-7-8-12(15)14(13)11(2)16/h4,7-9,11H,1,5-6,10,16H2,2-3H3/t11-/m1/s1. The summed E-state index contributed by atoms with van der Waals surface area (Å²) in [4.78, 5) is 2.05. The monoisotopic (exact) mass is 236 g/mol. The Kier molecular flexibility index (Phi) is 5.16. The first-order valence-electron chi connectivity index (χ1n) is 5.94. The SMILES string of the molecule is C=CCCCN(C)c1cccc(F)c1[C@@H](C)N. The van der Waals surface area contributed by atoms with Gasteiger partial charge in [0.25, 0.3) is 0 Å². The van der Waals surface area contributed by atoms with E-state index < -0.39 is 0 Å². The molecular weight excluding hydrogens is 215 g/mol. The predicted molar refractivity (Wildman–Crippen MR) is 71.7 cm³/mol. The van der Waals surface area contributed by atoms with Gasteiger partial charge in [-0.1, -0.05) is 12.1 Å². The number of unbranched alkanes of at least 4 members (excludes halogenated alkanes) is 1. The molecule has 1 aromatic carbocycles. The van der Waals surface area contributed by atoms with Crippen LogP contribution in [0, 0.1) is 5.82 Å². The summed E-state index contributed by atoms with van der Waals surface area (Å²) in [7, 11) is 1.96. The molecule has 1 aromatic rings. The van der Waals surface area contributed by atoms with Gasteiger partial charge in [0.05, 0.1) is 0 Å². The zero-order chi connectivity index (χ0) is 12.8. The van der Waals surface area contributed by atoms with Crippen LogP contribution in [0.15, 0.2) is 30.9 Å². The first kappa shape index (κ1) is 13.7. The third kappa shape index (κ3) is 3.56. The van der Waals surface area contributed by atoms with Crippen LogP contribution in [0.2, 0.25) is 0 Å². The Balaban J connectivity index is 2.88. The topological polar surface area (TPSA) is 29.3 Å². The molecule has 0 spiro atoms. The van der Waals surface area contributed by atoms with Gasteiger partial charge in [-0.3, -0.25) is 0 Å². The molecule has 0 unspecified atom stereocenters. The molecule has 0 aliphatic carbocycles. The predicted octanol–water partition coefficient (Wildman–Crippen LogP) is 3.25. The molecule has 0 saturated heterocycles. The summed E-state index contributed by atoms with van der Waals surface area (Å²) in [6.07, 6.45) is 3.87. The molecule has 1 rings (SSSR count). The first-order chi connectivity index (χ1) is 8.07. The maximum Gasteiger partial charge on any atom is 0.130 e. The summed E-state index contributed by atoms with van der Waals surface area (Å²) in [6.45, 7) is 6.37. The van der Waals surface area contributed by atoms with Crippen LogP contribution in [-0.4, -0.2) is 13.6 Å². The lowest BCUT2D eigenvalue weighted by Crippen LogP contribution is -2.22. The fourth-order valence-electron chi connectivity index (χ4n) is 1.90. The molecule has 2 nitrogen and oxygen atoms in total. The summed E-state index contributed by atoms with van der Waals surface area (Å²) >= 11 is 0. The third-order valence-electron chi connectivity index (χ3n) is 2.80. The van der Waals surface area contributed by atoms with Gasteiger partial charge in [0.1, 0.15) is 5.82 Å². The highest BCUT2D eigenvalue weighted by Gasteiger charge is 2.14. The second-order valence-electron chi connectivity index (χ2n) is 4.31. The van der Waals surface area contributed by atoms with Crippen molar-refractivity contribution < 1.29 is 4.39 Å². The van der Waals surface area contributed by atoms with E-state index in [4.69, 9.17) is 5.73 Å². The smallest absolute Gasteiger partial charge is 0.130 e. The molecule has 0 aromatic heterocycles. The molecule has 3 heteroatoms. The zero-order valence-corrected chi connectivity index (χ0v) is 10.6. The van der Waals surface area contributed by atoms with Gasteiger partial charge >= 0.3 is 0 Å². The maximum atomic E-state index is 13.7. The molecule has 0 amide bonds. The zero-order valence-electron chi connectivity index (χ0n) is 10.6. The number of halogens is 1. The summed E-state index contributed by atoms with van der Waals surface area (Å²) in [5.41, 5.74) is 7.30. The average Bonchev–Trinajstić information content (AvgIpc) is 2.28. The molecule has 2 N–H and O–H groups in total. The number of nitrogens with two attached hydrogens (primary N) is 1.